The molecule has 0 aliphatic rings. The van der Waals surface area contributed by atoms with E-state index in [2.05, 4.69) is 17.2 Å². The van der Waals surface area contributed by atoms with E-state index in [0.29, 0.717) is 5.69 Å². The molecule has 0 radical (unpaired) electrons. The van der Waals surface area contributed by atoms with E-state index in [1.54, 1.807) is 4.90 Å². The average molecular weight is 303 g/mol. The minimum atomic E-state index is -0.0162. The van der Waals surface area contributed by atoms with Crippen LogP contribution in [0, 0.1) is 6.92 Å². The van der Waals surface area contributed by atoms with Gasteiger partial charge < -0.3 is 10.2 Å². The van der Waals surface area contributed by atoms with E-state index in [9.17, 15) is 4.79 Å². The minimum Gasteiger partial charge on any atom is -0.340 e. The molecule has 0 aliphatic heterocycles. The molecule has 1 amide bonds. The van der Waals surface area contributed by atoms with E-state index >= 15 is 0 Å². The second kappa shape index (κ2) is 7.22. The zero-order valence-electron chi connectivity index (χ0n) is 12.7. The number of aryl methyl sites for hydroxylation is 1. The molecule has 112 valence electrons. The Morgan fingerprint density at radius 2 is 2.14 bits per heavy atom. The van der Waals surface area contributed by atoms with Crippen molar-refractivity contribution < 1.29 is 4.79 Å². The van der Waals surface area contributed by atoms with Gasteiger partial charge in [-0.05, 0) is 25.0 Å². The van der Waals surface area contributed by atoms with Crippen LogP contribution in [-0.2, 0) is 0 Å². The van der Waals surface area contributed by atoms with Crippen LogP contribution in [0.5, 0.6) is 0 Å². The van der Waals surface area contributed by atoms with Gasteiger partial charge in [-0.1, -0.05) is 31.5 Å². The van der Waals surface area contributed by atoms with Crippen LogP contribution in [0.15, 0.2) is 29.6 Å². The van der Waals surface area contributed by atoms with E-state index < -0.39 is 0 Å². The van der Waals surface area contributed by atoms with Crippen molar-refractivity contribution >= 4 is 28.1 Å². The Bertz CT molecular complexity index is 609. The van der Waals surface area contributed by atoms with Gasteiger partial charge in [-0.3, -0.25) is 4.79 Å². The Morgan fingerprint density at radius 1 is 1.38 bits per heavy atom. The quantitative estimate of drug-likeness (QED) is 0.875. The molecular weight excluding hydrogens is 282 g/mol. The molecule has 0 atom stereocenters. The van der Waals surface area contributed by atoms with Crippen molar-refractivity contribution in [2.45, 2.75) is 26.7 Å². The number of nitrogens with zero attached hydrogens (tertiary/aromatic N) is 2. The number of thiazole rings is 1. The average Bonchev–Trinajstić information content (AvgIpc) is 2.95. The molecule has 2 aromatic rings. The highest BCUT2D eigenvalue weighted by atomic mass is 32.1. The topological polar surface area (TPSA) is 45.2 Å². The van der Waals surface area contributed by atoms with Crippen molar-refractivity contribution in [2.75, 3.05) is 18.9 Å². The molecule has 5 heteroatoms. The highest BCUT2D eigenvalue weighted by Gasteiger charge is 2.15. The summed E-state index contributed by atoms with van der Waals surface area (Å²) in [5.74, 6) is -0.0162. The van der Waals surface area contributed by atoms with Crippen LogP contribution in [0.2, 0.25) is 0 Å². The van der Waals surface area contributed by atoms with Crippen molar-refractivity contribution in [1.29, 1.82) is 0 Å². The molecule has 0 saturated carbocycles. The molecule has 4 nitrogen and oxygen atoms in total. The van der Waals surface area contributed by atoms with Gasteiger partial charge in [0.2, 0.25) is 0 Å². The summed E-state index contributed by atoms with van der Waals surface area (Å²) in [6.45, 7) is 4.93. The number of hydrogen-bond acceptors (Lipinski definition) is 4. The SMILES string of the molecule is CCCCN(C)C(=O)c1csc(Nc2ccccc2C)n1. The van der Waals surface area contributed by atoms with Gasteiger partial charge in [-0.2, -0.15) is 0 Å². The molecule has 21 heavy (non-hydrogen) atoms. The number of carbonyl (C=O) groups excluding carboxylic acids is 1. The lowest BCUT2D eigenvalue weighted by Crippen LogP contribution is -2.27. The van der Waals surface area contributed by atoms with E-state index in [0.717, 1.165) is 35.8 Å². The molecule has 0 aliphatic carbocycles. The fourth-order valence-corrected chi connectivity index (χ4v) is 2.65. The Kier molecular flexibility index (Phi) is 5.33. The second-order valence-corrected chi connectivity index (χ2v) is 5.92. The molecule has 1 aromatic heterocycles. The van der Waals surface area contributed by atoms with Gasteiger partial charge >= 0.3 is 0 Å². The first-order chi connectivity index (χ1) is 10.1. The molecule has 0 fully saturated rings. The van der Waals surface area contributed by atoms with E-state index in [1.165, 1.54) is 11.3 Å². The van der Waals surface area contributed by atoms with E-state index in [4.69, 9.17) is 0 Å². The summed E-state index contributed by atoms with van der Waals surface area (Å²) >= 11 is 1.45. The number of carbonyl (C=O) groups is 1. The van der Waals surface area contributed by atoms with Crippen LogP contribution in [-0.4, -0.2) is 29.4 Å². The summed E-state index contributed by atoms with van der Waals surface area (Å²) in [7, 11) is 1.83. The molecule has 0 saturated heterocycles. The number of aromatic nitrogens is 1. The van der Waals surface area contributed by atoms with E-state index in [-0.39, 0.29) is 5.91 Å². The molecule has 1 aromatic carbocycles. The summed E-state index contributed by atoms with van der Waals surface area (Å²) in [5, 5.41) is 5.82. The number of para-hydroxylation sites is 1. The highest BCUT2D eigenvalue weighted by Crippen LogP contribution is 2.23. The van der Waals surface area contributed by atoms with Gasteiger partial charge in [0.05, 0.1) is 0 Å². The number of unbranched alkanes of at least 4 members (excludes halogenated alkanes) is 1. The van der Waals surface area contributed by atoms with E-state index in [1.807, 2.05) is 43.6 Å². The third-order valence-electron chi connectivity index (χ3n) is 3.30. The first-order valence-corrected chi connectivity index (χ1v) is 8.03. The zero-order valence-corrected chi connectivity index (χ0v) is 13.5. The number of amides is 1. The number of anilines is 2. The summed E-state index contributed by atoms with van der Waals surface area (Å²) in [5.41, 5.74) is 2.68. The first kappa shape index (κ1) is 15.5. The van der Waals surface area contributed by atoms with Crippen LogP contribution < -0.4 is 5.32 Å². The molecular formula is C16H21N3OS. The number of rotatable bonds is 6. The molecule has 0 spiro atoms. The van der Waals surface area contributed by atoms with Gasteiger partial charge in [0.1, 0.15) is 5.69 Å². The van der Waals surface area contributed by atoms with Gasteiger partial charge in [-0.25, -0.2) is 4.98 Å². The van der Waals surface area contributed by atoms with Crippen LogP contribution in [0.25, 0.3) is 0 Å². The maximum Gasteiger partial charge on any atom is 0.273 e. The van der Waals surface area contributed by atoms with Crippen molar-refractivity contribution in [3.05, 3.63) is 40.9 Å². The third-order valence-corrected chi connectivity index (χ3v) is 4.06. The predicted octanol–water partition coefficient (Wildman–Crippen LogP) is 4.07. The monoisotopic (exact) mass is 303 g/mol. The molecule has 0 bridgehead atoms. The fraction of sp³-hybridized carbons (Fsp3) is 0.375. The molecule has 2 rings (SSSR count). The van der Waals surface area contributed by atoms with Crippen molar-refractivity contribution in [3.63, 3.8) is 0 Å². The van der Waals surface area contributed by atoms with Crippen molar-refractivity contribution in [2.24, 2.45) is 0 Å². The summed E-state index contributed by atoms with van der Waals surface area (Å²) in [6, 6.07) is 8.03. The van der Waals surface area contributed by atoms with Crippen LogP contribution in [0.1, 0.15) is 35.8 Å². The molecule has 1 heterocycles. The minimum absolute atomic E-state index is 0.0162. The highest BCUT2D eigenvalue weighted by molar-refractivity contribution is 7.14. The van der Waals surface area contributed by atoms with Gasteiger partial charge in [0.25, 0.3) is 5.91 Å². The Labute approximate surface area is 129 Å². The van der Waals surface area contributed by atoms with Gasteiger partial charge in [-0.15, -0.1) is 11.3 Å². The second-order valence-electron chi connectivity index (χ2n) is 5.06. The van der Waals surface area contributed by atoms with Crippen LogP contribution >= 0.6 is 11.3 Å². The fourth-order valence-electron chi connectivity index (χ4n) is 1.95. The maximum atomic E-state index is 12.2. The number of hydrogen-bond donors (Lipinski definition) is 1. The zero-order chi connectivity index (χ0) is 15.2. The summed E-state index contributed by atoms with van der Waals surface area (Å²) in [6.07, 6.45) is 2.09. The normalized spacial score (nSPS) is 10.4. The Morgan fingerprint density at radius 3 is 2.86 bits per heavy atom. The number of benzene rings is 1. The van der Waals surface area contributed by atoms with Gasteiger partial charge in [0, 0.05) is 24.7 Å². The Balaban J connectivity index is 2.04. The first-order valence-electron chi connectivity index (χ1n) is 7.15. The smallest absolute Gasteiger partial charge is 0.273 e. The lowest BCUT2D eigenvalue weighted by molar-refractivity contribution is 0.0788. The Hall–Kier alpha value is -1.88. The molecule has 0 unspecified atom stereocenters. The third kappa shape index (κ3) is 4.04. The molecule has 1 N–H and O–H groups in total. The van der Waals surface area contributed by atoms with Gasteiger partial charge in [0.15, 0.2) is 5.13 Å². The van der Waals surface area contributed by atoms with Crippen molar-refractivity contribution in [3.8, 4) is 0 Å². The van der Waals surface area contributed by atoms with Crippen LogP contribution in [0.4, 0.5) is 10.8 Å². The lowest BCUT2D eigenvalue weighted by atomic mass is 10.2. The summed E-state index contributed by atoms with van der Waals surface area (Å²) in [4.78, 5) is 18.3. The predicted molar refractivity (Wildman–Crippen MR) is 88.4 cm³/mol. The maximum absolute atomic E-state index is 12.2. The number of nitrogens with one attached hydrogen (secondary N) is 1. The lowest BCUT2D eigenvalue weighted by Gasteiger charge is -2.14. The van der Waals surface area contributed by atoms with Crippen molar-refractivity contribution in [1.82, 2.24) is 9.88 Å². The summed E-state index contributed by atoms with van der Waals surface area (Å²) < 4.78 is 0. The van der Waals surface area contributed by atoms with Crippen LogP contribution in [0.3, 0.4) is 0 Å². The standard InChI is InChI=1S/C16H21N3OS/c1-4-5-10-19(3)15(20)14-11-21-16(18-14)17-13-9-7-6-8-12(13)2/h6-9,11H,4-5,10H2,1-3H3,(H,17,18). The largest absolute Gasteiger partial charge is 0.340 e.